The number of carbonyl (C=O) groups excluding carboxylic acids is 2. The van der Waals surface area contributed by atoms with Gasteiger partial charge in [-0.2, -0.15) is 0 Å². The molecule has 0 aliphatic rings. The van der Waals surface area contributed by atoms with Crippen molar-refractivity contribution < 1.29 is 18.7 Å². The molecule has 6 heteroatoms. The number of esters is 1. The van der Waals surface area contributed by atoms with Crippen molar-refractivity contribution in [2.45, 2.75) is 20.0 Å². The first kappa shape index (κ1) is 17.1. The molecule has 0 spiro atoms. The van der Waals surface area contributed by atoms with Crippen molar-refractivity contribution in [1.82, 2.24) is 0 Å². The van der Waals surface area contributed by atoms with Crippen molar-refractivity contribution in [2.75, 3.05) is 5.32 Å². The van der Waals surface area contributed by atoms with Crippen LogP contribution in [0.4, 0.5) is 10.1 Å². The van der Waals surface area contributed by atoms with E-state index in [1.54, 1.807) is 12.1 Å². The number of rotatable bonds is 4. The van der Waals surface area contributed by atoms with Crippen LogP contribution in [0.3, 0.4) is 0 Å². The molecule has 120 valence electrons. The summed E-state index contributed by atoms with van der Waals surface area (Å²) in [6.45, 7) is 3.39. The highest BCUT2D eigenvalue weighted by Gasteiger charge is 2.21. The quantitative estimate of drug-likeness (QED) is 0.814. The average molecular weight is 380 g/mol. The monoisotopic (exact) mass is 379 g/mol. The van der Waals surface area contributed by atoms with Crippen molar-refractivity contribution in [2.24, 2.45) is 0 Å². The Kier molecular flexibility index (Phi) is 5.50. The third-order valence-electron chi connectivity index (χ3n) is 3.12. The lowest BCUT2D eigenvalue weighted by Gasteiger charge is -2.14. The number of amides is 1. The van der Waals surface area contributed by atoms with Gasteiger partial charge in [0.05, 0.1) is 5.56 Å². The molecule has 4 nitrogen and oxygen atoms in total. The first-order valence-electron chi connectivity index (χ1n) is 6.90. The van der Waals surface area contributed by atoms with Crippen molar-refractivity contribution >= 4 is 33.5 Å². The van der Waals surface area contributed by atoms with Crippen LogP contribution in [0, 0.1) is 12.7 Å². The molecule has 0 aromatic heterocycles. The SMILES string of the molecule is Cc1ccc(NC(=O)[C@@H](C)OC(=O)c2cc(F)ccc2Br)cc1. The molecule has 2 rings (SSSR count). The molecule has 1 N–H and O–H groups in total. The van der Waals surface area contributed by atoms with Crippen LogP contribution in [0.2, 0.25) is 0 Å². The summed E-state index contributed by atoms with van der Waals surface area (Å²) in [4.78, 5) is 24.1. The number of carbonyl (C=O) groups is 2. The summed E-state index contributed by atoms with van der Waals surface area (Å²) in [7, 11) is 0. The minimum atomic E-state index is -1.01. The predicted octanol–water partition coefficient (Wildman–Crippen LogP) is 4.08. The Balaban J connectivity index is 2.01. The van der Waals surface area contributed by atoms with Crippen LogP contribution in [0.1, 0.15) is 22.8 Å². The molecule has 0 aliphatic heterocycles. The number of aryl methyl sites for hydroxylation is 1. The van der Waals surface area contributed by atoms with Gasteiger partial charge in [0.2, 0.25) is 0 Å². The summed E-state index contributed by atoms with van der Waals surface area (Å²) in [6.07, 6.45) is -1.01. The van der Waals surface area contributed by atoms with E-state index in [0.717, 1.165) is 11.6 Å². The van der Waals surface area contributed by atoms with Gasteiger partial charge in [0.25, 0.3) is 5.91 Å². The maximum Gasteiger partial charge on any atom is 0.340 e. The third kappa shape index (κ3) is 4.63. The van der Waals surface area contributed by atoms with E-state index in [9.17, 15) is 14.0 Å². The standard InChI is InChI=1S/C17H15BrFNO3/c1-10-3-6-13(7-4-10)20-16(21)11(2)23-17(22)14-9-12(19)5-8-15(14)18/h3-9,11H,1-2H3,(H,20,21)/t11-/m1/s1. The van der Waals surface area contributed by atoms with Crippen LogP contribution < -0.4 is 5.32 Å². The second kappa shape index (κ2) is 7.37. The Labute approximate surface area is 141 Å². The van der Waals surface area contributed by atoms with E-state index in [2.05, 4.69) is 21.2 Å². The van der Waals surface area contributed by atoms with Gasteiger partial charge in [0.1, 0.15) is 5.82 Å². The molecular weight excluding hydrogens is 365 g/mol. The molecule has 0 saturated carbocycles. The highest BCUT2D eigenvalue weighted by Crippen LogP contribution is 2.19. The third-order valence-corrected chi connectivity index (χ3v) is 3.81. The molecule has 2 aromatic rings. The van der Waals surface area contributed by atoms with Gasteiger partial charge in [-0.3, -0.25) is 4.79 Å². The summed E-state index contributed by atoms with van der Waals surface area (Å²) < 4.78 is 18.7. The summed E-state index contributed by atoms with van der Waals surface area (Å²) >= 11 is 3.15. The molecule has 0 fully saturated rings. The Morgan fingerprint density at radius 2 is 1.83 bits per heavy atom. The van der Waals surface area contributed by atoms with Gasteiger partial charge in [-0.1, -0.05) is 17.7 Å². The van der Waals surface area contributed by atoms with Gasteiger partial charge in [-0.15, -0.1) is 0 Å². The second-order valence-electron chi connectivity index (χ2n) is 5.03. The van der Waals surface area contributed by atoms with Gasteiger partial charge in [0, 0.05) is 10.2 Å². The number of anilines is 1. The Hall–Kier alpha value is -2.21. The summed E-state index contributed by atoms with van der Waals surface area (Å²) in [5.41, 5.74) is 1.70. The minimum absolute atomic E-state index is 0.0278. The number of halogens is 2. The van der Waals surface area contributed by atoms with E-state index in [1.807, 2.05) is 19.1 Å². The molecule has 1 amide bonds. The molecule has 0 aliphatic carbocycles. The number of hydrogen-bond acceptors (Lipinski definition) is 3. The van der Waals surface area contributed by atoms with Gasteiger partial charge < -0.3 is 10.1 Å². The molecule has 0 heterocycles. The van der Waals surface area contributed by atoms with Gasteiger partial charge in [-0.05, 0) is 60.1 Å². The normalized spacial score (nSPS) is 11.7. The molecule has 1 atom stereocenters. The summed E-state index contributed by atoms with van der Waals surface area (Å²) in [6, 6.07) is 10.9. The molecule has 0 bridgehead atoms. The van der Waals surface area contributed by atoms with Crippen LogP contribution in [0.25, 0.3) is 0 Å². The molecular formula is C17H15BrFNO3. The number of hydrogen-bond donors (Lipinski definition) is 1. The number of ether oxygens (including phenoxy) is 1. The Bertz CT molecular complexity index is 731. The lowest BCUT2D eigenvalue weighted by Crippen LogP contribution is -2.30. The van der Waals surface area contributed by atoms with E-state index >= 15 is 0 Å². The molecule has 0 radical (unpaired) electrons. The highest BCUT2D eigenvalue weighted by atomic mass is 79.9. The van der Waals surface area contributed by atoms with Crippen LogP contribution in [-0.2, 0) is 9.53 Å². The maximum atomic E-state index is 13.2. The van der Waals surface area contributed by atoms with Crippen molar-refractivity contribution in [3.63, 3.8) is 0 Å². The maximum absolute atomic E-state index is 13.2. The molecule has 23 heavy (non-hydrogen) atoms. The van der Waals surface area contributed by atoms with Gasteiger partial charge >= 0.3 is 5.97 Å². The first-order valence-corrected chi connectivity index (χ1v) is 7.69. The van der Waals surface area contributed by atoms with E-state index in [-0.39, 0.29) is 5.56 Å². The summed E-state index contributed by atoms with van der Waals surface area (Å²) in [5, 5.41) is 2.65. The largest absolute Gasteiger partial charge is 0.449 e. The molecule has 0 saturated heterocycles. The second-order valence-corrected chi connectivity index (χ2v) is 5.88. The smallest absolute Gasteiger partial charge is 0.340 e. The van der Waals surface area contributed by atoms with E-state index in [4.69, 9.17) is 4.74 Å². The van der Waals surface area contributed by atoms with Crippen LogP contribution in [0.5, 0.6) is 0 Å². The molecule has 0 unspecified atom stereocenters. The molecule has 2 aromatic carbocycles. The first-order chi connectivity index (χ1) is 10.9. The van der Waals surface area contributed by atoms with Gasteiger partial charge in [0.15, 0.2) is 6.10 Å². The predicted molar refractivity (Wildman–Crippen MR) is 88.8 cm³/mol. The fourth-order valence-electron chi connectivity index (χ4n) is 1.81. The Morgan fingerprint density at radius 1 is 1.17 bits per heavy atom. The van der Waals surface area contributed by atoms with E-state index < -0.39 is 23.8 Å². The number of benzene rings is 2. The van der Waals surface area contributed by atoms with Crippen LogP contribution in [-0.4, -0.2) is 18.0 Å². The van der Waals surface area contributed by atoms with Gasteiger partial charge in [-0.25, -0.2) is 9.18 Å². The lowest BCUT2D eigenvalue weighted by atomic mass is 10.2. The van der Waals surface area contributed by atoms with Crippen LogP contribution >= 0.6 is 15.9 Å². The zero-order chi connectivity index (χ0) is 17.0. The zero-order valence-corrected chi connectivity index (χ0v) is 14.2. The minimum Gasteiger partial charge on any atom is -0.449 e. The van der Waals surface area contributed by atoms with E-state index in [1.165, 1.54) is 19.1 Å². The fraction of sp³-hybridized carbons (Fsp3) is 0.176. The van der Waals surface area contributed by atoms with Crippen molar-refractivity contribution in [1.29, 1.82) is 0 Å². The topological polar surface area (TPSA) is 55.4 Å². The lowest BCUT2D eigenvalue weighted by molar-refractivity contribution is -0.123. The Morgan fingerprint density at radius 3 is 2.48 bits per heavy atom. The average Bonchev–Trinajstić information content (AvgIpc) is 2.51. The summed E-state index contributed by atoms with van der Waals surface area (Å²) in [5.74, 6) is -1.80. The zero-order valence-electron chi connectivity index (χ0n) is 12.6. The number of nitrogens with one attached hydrogen (secondary N) is 1. The van der Waals surface area contributed by atoms with Crippen molar-refractivity contribution in [3.8, 4) is 0 Å². The van der Waals surface area contributed by atoms with Crippen LogP contribution in [0.15, 0.2) is 46.9 Å². The fourth-order valence-corrected chi connectivity index (χ4v) is 2.22. The van der Waals surface area contributed by atoms with Crippen molar-refractivity contribution in [3.05, 3.63) is 63.9 Å². The highest BCUT2D eigenvalue weighted by molar-refractivity contribution is 9.10. The van der Waals surface area contributed by atoms with E-state index in [0.29, 0.717) is 10.2 Å².